The van der Waals surface area contributed by atoms with Crippen LogP contribution in [0.5, 0.6) is 5.75 Å². The molecule has 1 N–H and O–H groups in total. The normalized spacial score (nSPS) is 17.2. The summed E-state index contributed by atoms with van der Waals surface area (Å²) in [6.45, 7) is 2.87. The highest BCUT2D eigenvalue weighted by molar-refractivity contribution is 6.05. The lowest BCUT2D eigenvalue weighted by atomic mass is 10.1. The second-order valence-electron chi connectivity index (χ2n) is 6.86. The molecule has 2 aromatic rings. The summed E-state index contributed by atoms with van der Waals surface area (Å²) in [5.41, 5.74) is 0.129. The predicted molar refractivity (Wildman–Crippen MR) is 105 cm³/mol. The first-order valence-electron chi connectivity index (χ1n) is 9.33. The molecule has 4 nitrogen and oxygen atoms in total. The van der Waals surface area contributed by atoms with Gasteiger partial charge in [-0.25, -0.2) is 0 Å². The van der Waals surface area contributed by atoms with Gasteiger partial charge in [-0.15, -0.1) is 0 Å². The molecular weight excluding hydrogens is 383 g/mol. The molecule has 1 fully saturated rings. The zero-order valence-electron chi connectivity index (χ0n) is 16.0. The lowest BCUT2D eigenvalue weighted by Crippen LogP contribution is -2.18. The number of anilines is 1. The van der Waals surface area contributed by atoms with Crippen LogP contribution < -0.4 is 10.1 Å². The largest absolute Gasteiger partial charge is 0.489 e. The number of allylic oxidation sites excluding steroid dienone is 1. The van der Waals surface area contributed by atoms with E-state index in [2.05, 4.69) is 5.32 Å². The van der Waals surface area contributed by atoms with Crippen LogP contribution in [0, 0.1) is 6.92 Å². The molecule has 1 aliphatic rings. The van der Waals surface area contributed by atoms with E-state index in [4.69, 9.17) is 9.47 Å². The SMILES string of the molecule is Cc1ccc(NC(=O)/C=C(/c2ccccc2)C(F)(F)F)c(OCC2CCCO2)c1. The van der Waals surface area contributed by atoms with Crippen molar-refractivity contribution in [2.45, 2.75) is 32.0 Å². The van der Waals surface area contributed by atoms with E-state index in [1.54, 1.807) is 24.3 Å². The Hall–Kier alpha value is -2.80. The summed E-state index contributed by atoms with van der Waals surface area (Å²) >= 11 is 0. The standard InChI is InChI=1S/C22H22F3NO3/c1-15-9-10-19(20(12-15)29-14-17-8-5-11-28-17)26-21(27)13-18(22(23,24)25)16-6-3-2-4-7-16/h2-4,6-7,9-10,12-13,17H,5,8,11,14H2,1H3,(H,26,27)/b18-13-. The van der Waals surface area contributed by atoms with Gasteiger partial charge in [0.15, 0.2) is 0 Å². The number of benzene rings is 2. The number of alkyl halides is 3. The third-order valence-corrected chi connectivity index (χ3v) is 4.51. The molecular formula is C22H22F3NO3. The van der Waals surface area contributed by atoms with Crippen LogP contribution in [0.15, 0.2) is 54.6 Å². The van der Waals surface area contributed by atoms with Crippen LogP contribution in [0.3, 0.4) is 0 Å². The van der Waals surface area contributed by atoms with Crippen LogP contribution in [-0.4, -0.2) is 31.4 Å². The lowest BCUT2D eigenvalue weighted by molar-refractivity contribution is -0.112. The van der Waals surface area contributed by atoms with Gasteiger partial charge in [-0.1, -0.05) is 36.4 Å². The maximum Gasteiger partial charge on any atom is 0.417 e. The van der Waals surface area contributed by atoms with Gasteiger partial charge in [0.1, 0.15) is 12.4 Å². The molecule has 0 bridgehead atoms. The number of carbonyl (C=O) groups excluding carboxylic acids is 1. The monoisotopic (exact) mass is 405 g/mol. The lowest BCUT2D eigenvalue weighted by Gasteiger charge is -2.16. The average molecular weight is 405 g/mol. The number of aryl methyl sites for hydroxylation is 1. The Balaban J connectivity index is 1.79. The Kier molecular flexibility index (Phi) is 6.59. The summed E-state index contributed by atoms with van der Waals surface area (Å²) in [5.74, 6) is -0.484. The molecule has 0 saturated carbocycles. The van der Waals surface area contributed by atoms with Gasteiger partial charge in [0.05, 0.1) is 17.4 Å². The van der Waals surface area contributed by atoms with E-state index >= 15 is 0 Å². The van der Waals surface area contributed by atoms with E-state index in [1.807, 2.05) is 6.92 Å². The van der Waals surface area contributed by atoms with Crippen LogP contribution in [-0.2, 0) is 9.53 Å². The van der Waals surface area contributed by atoms with Crippen LogP contribution in [0.4, 0.5) is 18.9 Å². The van der Waals surface area contributed by atoms with Crippen molar-refractivity contribution in [3.05, 3.63) is 65.7 Å². The number of amides is 1. The zero-order valence-corrected chi connectivity index (χ0v) is 16.0. The number of hydrogen-bond donors (Lipinski definition) is 1. The molecule has 1 aliphatic heterocycles. The highest BCUT2D eigenvalue weighted by Crippen LogP contribution is 2.34. The number of nitrogens with one attached hydrogen (secondary N) is 1. The maximum atomic E-state index is 13.4. The van der Waals surface area contributed by atoms with E-state index in [0.29, 0.717) is 30.7 Å². The van der Waals surface area contributed by atoms with E-state index in [0.717, 1.165) is 18.4 Å². The quantitative estimate of drug-likeness (QED) is 0.677. The molecule has 2 aromatic carbocycles. The zero-order chi connectivity index (χ0) is 20.9. The van der Waals surface area contributed by atoms with Crippen LogP contribution in [0.25, 0.3) is 5.57 Å². The number of rotatable bonds is 6. The third kappa shape index (κ3) is 5.84. The minimum atomic E-state index is -4.66. The van der Waals surface area contributed by atoms with E-state index in [9.17, 15) is 18.0 Å². The van der Waals surface area contributed by atoms with Crippen molar-refractivity contribution in [2.24, 2.45) is 0 Å². The molecule has 7 heteroatoms. The molecule has 0 aromatic heterocycles. The fourth-order valence-corrected chi connectivity index (χ4v) is 3.06. The molecule has 0 spiro atoms. The highest BCUT2D eigenvalue weighted by atomic mass is 19.4. The summed E-state index contributed by atoms with van der Waals surface area (Å²) in [6, 6.07) is 12.3. The summed E-state index contributed by atoms with van der Waals surface area (Å²) in [5, 5.41) is 2.50. The van der Waals surface area contributed by atoms with Crippen LogP contribution in [0.2, 0.25) is 0 Å². The molecule has 0 radical (unpaired) electrons. The van der Waals surface area contributed by atoms with Crippen LogP contribution in [0.1, 0.15) is 24.0 Å². The number of ether oxygens (including phenoxy) is 2. The van der Waals surface area contributed by atoms with E-state index in [1.165, 1.54) is 24.3 Å². The second-order valence-corrected chi connectivity index (χ2v) is 6.86. The molecule has 1 amide bonds. The van der Waals surface area contributed by atoms with Gasteiger partial charge in [0, 0.05) is 12.7 Å². The molecule has 0 aliphatic carbocycles. The molecule has 3 rings (SSSR count). The molecule has 1 saturated heterocycles. The fraction of sp³-hybridized carbons (Fsp3) is 0.318. The molecule has 154 valence electrons. The summed E-state index contributed by atoms with van der Waals surface area (Å²) in [4.78, 5) is 12.4. The Morgan fingerprint density at radius 2 is 2.00 bits per heavy atom. The van der Waals surface area contributed by atoms with Crippen molar-refractivity contribution in [2.75, 3.05) is 18.5 Å². The number of halogens is 3. The summed E-state index contributed by atoms with van der Waals surface area (Å²) in [6.07, 6.45) is -2.25. The minimum absolute atomic E-state index is 0.0196. The second kappa shape index (κ2) is 9.13. The topological polar surface area (TPSA) is 47.6 Å². The van der Waals surface area contributed by atoms with E-state index in [-0.39, 0.29) is 11.7 Å². The first kappa shape index (κ1) is 20.9. The van der Waals surface area contributed by atoms with Gasteiger partial charge in [0.2, 0.25) is 5.91 Å². The van der Waals surface area contributed by atoms with Gasteiger partial charge in [-0.05, 0) is 43.0 Å². The summed E-state index contributed by atoms with van der Waals surface area (Å²) in [7, 11) is 0. The predicted octanol–water partition coefficient (Wildman–Crippen LogP) is 5.14. The average Bonchev–Trinajstić information content (AvgIpc) is 3.20. The van der Waals surface area contributed by atoms with Gasteiger partial charge in [-0.2, -0.15) is 13.2 Å². The summed E-state index contributed by atoms with van der Waals surface area (Å²) < 4.78 is 51.6. The number of hydrogen-bond acceptors (Lipinski definition) is 3. The smallest absolute Gasteiger partial charge is 0.417 e. The van der Waals surface area contributed by atoms with Crippen molar-refractivity contribution in [3.63, 3.8) is 0 Å². The Morgan fingerprint density at radius 3 is 2.66 bits per heavy atom. The molecule has 1 unspecified atom stereocenters. The van der Waals surface area contributed by atoms with Crippen LogP contribution >= 0.6 is 0 Å². The van der Waals surface area contributed by atoms with Gasteiger partial charge < -0.3 is 14.8 Å². The van der Waals surface area contributed by atoms with Gasteiger partial charge in [0.25, 0.3) is 0 Å². The number of carbonyl (C=O) groups is 1. The minimum Gasteiger partial charge on any atom is -0.489 e. The van der Waals surface area contributed by atoms with Crippen molar-refractivity contribution in [1.29, 1.82) is 0 Å². The van der Waals surface area contributed by atoms with Crippen molar-refractivity contribution in [1.82, 2.24) is 0 Å². The first-order chi connectivity index (χ1) is 13.8. The van der Waals surface area contributed by atoms with E-state index < -0.39 is 17.7 Å². The highest BCUT2D eigenvalue weighted by Gasteiger charge is 2.35. The third-order valence-electron chi connectivity index (χ3n) is 4.51. The molecule has 1 atom stereocenters. The maximum absolute atomic E-state index is 13.4. The Morgan fingerprint density at radius 1 is 1.24 bits per heavy atom. The first-order valence-corrected chi connectivity index (χ1v) is 9.33. The van der Waals surface area contributed by atoms with Crippen molar-refractivity contribution < 1.29 is 27.4 Å². The molecule has 29 heavy (non-hydrogen) atoms. The Labute approximate surface area is 167 Å². The van der Waals surface area contributed by atoms with Gasteiger partial charge in [-0.3, -0.25) is 4.79 Å². The van der Waals surface area contributed by atoms with Gasteiger partial charge >= 0.3 is 6.18 Å². The van der Waals surface area contributed by atoms with Crippen molar-refractivity contribution >= 4 is 17.2 Å². The fourth-order valence-electron chi connectivity index (χ4n) is 3.06. The van der Waals surface area contributed by atoms with Crippen molar-refractivity contribution in [3.8, 4) is 5.75 Å². The Bertz CT molecular complexity index is 873. The molecule has 1 heterocycles.